The molecule has 12 atom stereocenters. The zero-order valence-corrected chi connectivity index (χ0v) is 56.7. The summed E-state index contributed by atoms with van der Waals surface area (Å²) in [5.74, 6) is -11.4. The van der Waals surface area contributed by atoms with Gasteiger partial charge in [-0.15, -0.1) is 0 Å². The van der Waals surface area contributed by atoms with Crippen molar-refractivity contribution in [2.75, 3.05) is 164 Å². The number of aliphatic hydroxyl groups excluding tert-OH is 16. The van der Waals surface area contributed by atoms with E-state index in [2.05, 4.69) is 20.6 Å². The van der Waals surface area contributed by atoms with Gasteiger partial charge in [0.2, 0.25) is 38.2 Å². The van der Waals surface area contributed by atoms with Crippen LogP contribution < -0.4 is 15.3 Å². The number of carboxylic acids is 3. The van der Waals surface area contributed by atoms with Crippen LogP contribution in [0, 0.1) is 39.9 Å². The summed E-state index contributed by atoms with van der Waals surface area (Å²) in [7, 11) is 0. The van der Waals surface area contributed by atoms with E-state index in [9.17, 15) is 120 Å². The number of rotatable bonds is 60. The van der Waals surface area contributed by atoms with Crippen LogP contribution in [0.2, 0.25) is 0 Å². The molecule has 0 saturated heterocycles. The summed E-state index contributed by atoms with van der Waals surface area (Å²) in [5, 5.41) is 202. The summed E-state index contributed by atoms with van der Waals surface area (Å²) in [4.78, 5) is 138. The van der Waals surface area contributed by atoms with Gasteiger partial charge in [-0.05, 0) is 0 Å². The maximum atomic E-state index is 13.9. The minimum absolute atomic E-state index is 0. The monoisotopic (exact) mass is 1620 g/mol. The van der Waals surface area contributed by atoms with Gasteiger partial charge in [0.15, 0.2) is 0 Å². The number of carbonyl (C=O) groups excluding carboxylic acids is 9. The first-order valence-corrected chi connectivity index (χ1v) is 30.0. The van der Waals surface area contributed by atoms with E-state index >= 15 is 0 Å². The van der Waals surface area contributed by atoms with Crippen LogP contribution in [0.5, 0.6) is 0 Å². The zero-order valence-electron chi connectivity index (χ0n) is 54.4. The van der Waals surface area contributed by atoms with Gasteiger partial charge >= 0.3 is 63.8 Å². The Kier molecular flexibility index (Phi) is 57.8. The molecule has 2 amide bonds. The second kappa shape index (κ2) is 59.1. The predicted molar refractivity (Wildman–Crippen MR) is 322 cm³/mol. The average Bonchev–Trinajstić information content (AvgIpc) is 1.21. The molecule has 18 N–H and O–H groups in total. The molecule has 0 spiro atoms. The zero-order chi connectivity index (χ0) is 74.8. The van der Waals surface area contributed by atoms with Gasteiger partial charge in [-0.1, -0.05) is 20.6 Å². The third kappa shape index (κ3) is 48.3. The molecule has 1 radical (unpaired) electrons. The van der Waals surface area contributed by atoms with Crippen molar-refractivity contribution in [2.45, 2.75) is 98.9 Å². The fraction of sp³-hybridized carbons (Fsp3) is 0.759. The van der Waals surface area contributed by atoms with Crippen LogP contribution in [0.25, 0.3) is 0 Å². The Morgan fingerprint density at radius 3 is 0.743 bits per heavy atom. The second-order valence-corrected chi connectivity index (χ2v) is 20.9. The molecule has 101 heavy (non-hydrogen) atoms. The van der Waals surface area contributed by atoms with Crippen LogP contribution >= 0.6 is 0 Å². The van der Waals surface area contributed by atoms with Crippen LogP contribution in [-0.4, -0.2) is 428 Å². The SMILES string of the molecule is O.O=C([O-])CN(CCN(CC(=O)[O-])CC(=O)N(CCOC(=O)CO/N=C\C[C@H](O)[C@@H](O)[C@@H](O)CO)CCOC(=O)CO/N=C/C[C@H](O)[C@@H](O)[C@@H](O)CO)CCN(CC(=O)[O-])CC(=O)N(CCOC(=O)CO/N=C/C[C@H](O)[C@@H](O)[C@@H](O)CO)CCOC(=O)CO/N=C/C[C@H](O)[C@@H](O)[C@@H](O)CO.[Gd+3]. The Balaban J connectivity index is -0.0000480. The largest absolute Gasteiger partial charge is 3.00 e. The molecule has 0 aromatic rings. The fourth-order valence-electron chi connectivity index (χ4n) is 7.55. The number of nitrogens with zero attached hydrogens (tertiary/aromatic N) is 9. The normalized spacial score (nSPS) is 15.2. The number of carboxylic acid groups (broad SMARTS) is 3. The topological polar surface area (TPSA) is 717 Å². The van der Waals surface area contributed by atoms with Crippen molar-refractivity contribution in [2.24, 2.45) is 20.6 Å². The second-order valence-electron chi connectivity index (χ2n) is 20.9. The Hall–Kier alpha value is -6.37. The van der Waals surface area contributed by atoms with Crippen LogP contribution in [-0.2, 0) is 81.4 Å². The van der Waals surface area contributed by atoms with Gasteiger partial charge < -0.3 is 165 Å². The molecule has 0 bridgehead atoms. The minimum Gasteiger partial charge on any atom is -0.549 e. The summed E-state index contributed by atoms with van der Waals surface area (Å²) in [6, 6.07) is 0. The van der Waals surface area contributed by atoms with Crippen LogP contribution in [0.1, 0.15) is 25.7 Å². The predicted octanol–water partition coefficient (Wildman–Crippen LogP) is -18.0. The van der Waals surface area contributed by atoms with Crippen molar-refractivity contribution in [1.29, 1.82) is 0 Å². The van der Waals surface area contributed by atoms with Gasteiger partial charge in [-0.25, -0.2) is 19.2 Å². The summed E-state index contributed by atoms with van der Waals surface area (Å²) in [6.45, 7) is -17.5. The molecule has 0 saturated carbocycles. The van der Waals surface area contributed by atoms with Gasteiger partial charge in [0, 0.05) is 96.4 Å². The standard InChI is InChI=1S/C54H93N9O36.Gd.H2O/c64-26-38(72)51(88)34(68)1-5-55-96-30-47(84)92-17-13-62(14-18-93-48(85)31-97-56-6-2-35(69)52(89)39(73)27-65)42(76)21-60(24-45(80)81)11-9-59(23-44(78)79)10-12-61(25-46(82)83)22-43(77)63(15-19-94-49(86)32-98-57-7-3-36(70)53(90)40(74)28-66)16-20-95-50(87)33-99-58-8-4-37(71)54(91)41(75)29-67;;/h5-8,34-41,51-54,64-75,88-91H,1-4,9-33H2,(H,78,79)(H,80,81)(H,82,83);;1H2/q;+3;/p-3/b55-5-,56-6+,57-7+,58-8+;;/t34-,35-,36-,37-,38-,39-,40-,41-,51+,52+,53+,54+;;/m0../s1. The van der Waals surface area contributed by atoms with Gasteiger partial charge in [0.25, 0.3) is 0 Å². The Labute approximate surface area is 607 Å². The quantitative estimate of drug-likeness (QED) is 0.0116. The number of esters is 4. The maximum absolute atomic E-state index is 13.9. The first-order chi connectivity index (χ1) is 46.9. The number of aliphatic hydroxyl groups is 16. The van der Waals surface area contributed by atoms with Gasteiger partial charge in [0.05, 0.1) is 108 Å². The van der Waals surface area contributed by atoms with Crippen molar-refractivity contribution < 1.29 is 224 Å². The molecule has 0 aliphatic carbocycles. The fourth-order valence-corrected chi connectivity index (χ4v) is 7.55. The van der Waals surface area contributed by atoms with E-state index in [4.69, 9.17) is 58.7 Å². The smallest absolute Gasteiger partial charge is 0.549 e. The Morgan fingerprint density at radius 1 is 0.327 bits per heavy atom. The molecular weight excluding hydrogens is 1520 g/mol. The van der Waals surface area contributed by atoms with Gasteiger partial charge in [-0.2, -0.15) is 0 Å². The summed E-state index contributed by atoms with van der Waals surface area (Å²) in [6.07, 6.45) is -18.0. The van der Waals surface area contributed by atoms with E-state index < -0.39 is 317 Å². The molecule has 46 nitrogen and oxygen atoms in total. The molecular formula is C54H92GdN9O37. The van der Waals surface area contributed by atoms with Crippen molar-refractivity contribution in [3.05, 3.63) is 0 Å². The van der Waals surface area contributed by atoms with E-state index in [1.165, 1.54) is 0 Å². The summed E-state index contributed by atoms with van der Waals surface area (Å²) >= 11 is 0. The third-order valence-electron chi connectivity index (χ3n) is 13.1. The number of hydrogen-bond donors (Lipinski definition) is 16. The Bertz CT molecular complexity index is 2200. The first kappa shape index (κ1) is 98.8. The van der Waals surface area contributed by atoms with E-state index in [1.807, 2.05) is 0 Å². The average molecular weight is 1620 g/mol. The van der Waals surface area contributed by atoms with Crippen molar-refractivity contribution in [1.82, 2.24) is 24.5 Å². The third-order valence-corrected chi connectivity index (χ3v) is 13.1. The molecule has 583 valence electrons. The molecule has 0 aliphatic heterocycles. The first-order valence-electron chi connectivity index (χ1n) is 30.0. The van der Waals surface area contributed by atoms with E-state index in [0.717, 1.165) is 49.4 Å². The van der Waals surface area contributed by atoms with E-state index in [0.29, 0.717) is 0 Å². The number of aliphatic carboxylic acids is 3. The molecule has 0 fully saturated rings. The molecule has 47 heteroatoms. The van der Waals surface area contributed by atoms with E-state index in [1.54, 1.807) is 0 Å². The molecule has 0 unspecified atom stereocenters. The van der Waals surface area contributed by atoms with Gasteiger partial charge in [-0.3, -0.25) is 24.3 Å². The maximum Gasteiger partial charge on any atom is 3.00 e. The van der Waals surface area contributed by atoms with Crippen molar-refractivity contribution in [3.63, 3.8) is 0 Å². The number of carbonyl (C=O) groups is 9. The van der Waals surface area contributed by atoms with Crippen molar-refractivity contribution in [3.8, 4) is 0 Å². The van der Waals surface area contributed by atoms with Crippen LogP contribution in [0.15, 0.2) is 20.6 Å². The summed E-state index contributed by atoms with van der Waals surface area (Å²) < 4.78 is 20.3. The molecule has 0 rings (SSSR count). The molecule has 0 heterocycles. The number of oxime groups is 4. The minimum atomic E-state index is -1.76. The molecule has 0 aromatic carbocycles. The van der Waals surface area contributed by atoms with Crippen LogP contribution in [0.4, 0.5) is 0 Å². The van der Waals surface area contributed by atoms with Gasteiger partial charge in [0.1, 0.15) is 75.3 Å². The number of hydrogen-bond acceptors (Lipinski definition) is 43. The summed E-state index contributed by atoms with van der Waals surface area (Å²) in [5.41, 5.74) is 0. The number of ether oxygens (including phenoxy) is 4. The van der Waals surface area contributed by atoms with E-state index in [-0.39, 0.29) is 45.4 Å². The van der Waals surface area contributed by atoms with Crippen LogP contribution in [0.3, 0.4) is 0 Å². The Morgan fingerprint density at radius 2 is 0.535 bits per heavy atom. The molecule has 0 aromatic heterocycles. The number of amides is 2. The van der Waals surface area contributed by atoms with Crippen molar-refractivity contribution >= 4 is 78.5 Å². The molecule has 0 aliphatic rings.